The first kappa shape index (κ1) is 19.5. The molecule has 0 amide bonds. The van der Waals surface area contributed by atoms with Gasteiger partial charge in [-0.25, -0.2) is 14.6 Å². The molecule has 1 heterocycles. The molecule has 0 unspecified atom stereocenters. The number of halogens is 3. The van der Waals surface area contributed by atoms with Crippen molar-refractivity contribution >= 4 is 11.9 Å². The van der Waals surface area contributed by atoms with Crippen LogP contribution in [0.3, 0.4) is 0 Å². The summed E-state index contributed by atoms with van der Waals surface area (Å²) < 4.78 is 58.9. The Hall–Kier alpha value is -2.52. The smallest absolute Gasteiger partial charge is 0.434 e. The van der Waals surface area contributed by atoms with Crippen LogP contribution in [-0.4, -0.2) is 44.4 Å². The molecule has 0 bridgehead atoms. The first-order valence-electron chi connectivity index (χ1n) is 6.80. The van der Waals surface area contributed by atoms with Gasteiger partial charge < -0.3 is 18.9 Å². The Morgan fingerprint density at radius 2 is 1.46 bits per heavy atom. The van der Waals surface area contributed by atoms with E-state index in [2.05, 4.69) is 14.5 Å². The molecule has 0 atom stereocenters. The summed E-state index contributed by atoms with van der Waals surface area (Å²) in [5.74, 6) is -3.71. The van der Waals surface area contributed by atoms with Crippen molar-refractivity contribution in [3.05, 3.63) is 16.8 Å². The Balaban J connectivity index is 3.93. The van der Waals surface area contributed by atoms with Gasteiger partial charge in [-0.15, -0.1) is 0 Å². The normalized spacial score (nSPS) is 11.0. The van der Waals surface area contributed by atoms with Crippen LogP contribution in [0.15, 0.2) is 0 Å². The molecule has 0 aliphatic carbocycles. The zero-order chi connectivity index (χ0) is 18.5. The molecule has 7 nitrogen and oxygen atoms in total. The SMILES string of the molecule is CCOc1nc(C(F)(F)F)c(C(=O)OC)c(OCC)c1C(=O)OC. The fourth-order valence-electron chi connectivity index (χ4n) is 1.85. The zero-order valence-electron chi connectivity index (χ0n) is 13.4. The van der Waals surface area contributed by atoms with E-state index in [1.54, 1.807) is 0 Å². The molecule has 1 aromatic rings. The number of esters is 2. The summed E-state index contributed by atoms with van der Waals surface area (Å²) in [6, 6.07) is 0. The Bertz CT molecular complexity index is 630. The van der Waals surface area contributed by atoms with Crippen molar-refractivity contribution in [3.8, 4) is 11.6 Å². The number of pyridine rings is 1. The highest BCUT2D eigenvalue weighted by atomic mass is 19.4. The van der Waals surface area contributed by atoms with E-state index in [1.165, 1.54) is 13.8 Å². The number of ether oxygens (including phenoxy) is 4. The third-order valence-electron chi connectivity index (χ3n) is 2.74. The van der Waals surface area contributed by atoms with Gasteiger partial charge in [-0.05, 0) is 13.8 Å². The molecule has 0 fully saturated rings. The quantitative estimate of drug-likeness (QED) is 0.728. The second-order valence-corrected chi connectivity index (χ2v) is 4.19. The highest BCUT2D eigenvalue weighted by Gasteiger charge is 2.43. The molecule has 0 saturated heterocycles. The molecule has 0 spiro atoms. The van der Waals surface area contributed by atoms with Crippen LogP contribution in [0.4, 0.5) is 13.2 Å². The highest BCUT2D eigenvalue weighted by molar-refractivity contribution is 6.02. The lowest BCUT2D eigenvalue weighted by atomic mass is 10.1. The fraction of sp³-hybridized carbons (Fsp3) is 0.500. The molecule has 1 rings (SSSR count). The summed E-state index contributed by atoms with van der Waals surface area (Å²) in [6.45, 7) is 2.76. The molecule has 0 radical (unpaired) electrons. The summed E-state index contributed by atoms with van der Waals surface area (Å²) >= 11 is 0. The highest BCUT2D eigenvalue weighted by Crippen LogP contribution is 2.40. The molecule has 24 heavy (non-hydrogen) atoms. The Morgan fingerprint density at radius 1 is 0.958 bits per heavy atom. The molecule has 134 valence electrons. The zero-order valence-corrected chi connectivity index (χ0v) is 13.4. The number of alkyl halides is 3. The number of rotatable bonds is 6. The summed E-state index contributed by atoms with van der Waals surface area (Å²) in [5.41, 5.74) is -3.11. The van der Waals surface area contributed by atoms with Gasteiger partial charge in [0.25, 0.3) is 0 Å². The topological polar surface area (TPSA) is 84.0 Å². The van der Waals surface area contributed by atoms with Crippen LogP contribution in [0.1, 0.15) is 40.3 Å². The molecule has 0 aliphatic heterocycles. The fourth-order valence-corrected chi connectivity index (χ4v) is 1.85. The van der Waals surface area contributed by atoms with Crippen LogP contribution >= 0.6 is 0 Å². The van der Waals surface area contributed by atoms with Gasteiger partial charge >= 0.3 is 18.1 Å². The maximum absolute atomic E-state index is 13.3. The lowest BCUT2D eigenvalue weighted by Crippen LogP contribution is -2.22. The van der Waals surface area contributed by atoms with Crippen molar-refractivity contribution in [2.75, 3.05) is 27.4 Å². The maximum Gasteiger partial charge on any atom is 0.434 e. The van der Waals surface area contributed by atoms with Crippen molar-refractivity contribution in [2.24, 2.45) is 0 Å². The largest absolute Gasteiger partial charge is 0.492 e. The summed E-state index contributed by atoms with van der Waals surface area (Å²) in [7, 11) is 1.91. The molecule has 10 heteroatoms. The van der Waals surface area contributed by atoms with E-state index < -0.39 is 46.6 Å². The number of hydrogen-bond acceptors (Lipinski definition) is 7. The third kappa shape index (κ3) is 3.87. The second kappa shape index (κ2) is 7.84. The molecule has 0 N–H and O–H groups in total. The minimum Gasteiger partial charge on any atom is -0.492 e. The molecule has 0 saturated carbocycles. The predicted octanol–water partition coefficient (Wildman–Crippen LogP) is 2.47. The lowest BCUT2D eigenvalue weighted by molar-refractivity contribution is -0.142. The molecule has 0 aliphatic rings. The second-order valence-electron chi connectivity index (χ2n) is 4.19. The van der Waals surface area contributed by atoms with Gasteiger partial charge in [0.2, 0.25) is 5.88 Å². The Kier molecular flexibility index (Phi) is 6.38. The predicted molar refractivity (Wildman–Crippen MR) is 74.3 cm³/mol. The Labute approximate surface area is 135 Å². The number of hydrogen-bond donors (Lipinski definition) is 0. The van der Waals surface area contributed by atoms with Crippen molar-refractivity contribution in [1.29, 1.82) is 0 Å². The van der Waals surface area contributed by atoms with Gasteiger partial charge in [0.15, 0.2) is 17.0 Å². The van der Waals surface area contributed by atoms with E-state index in [1.807, 2.05) is 0 Å². The van der Waals surface area contributed by atoms with Crippen LogP contribution in [0.5, 0.6) is 11.6 Å². The van der Waals surface area contributed by atoms with Crippen LogP contribution in [0.25, 0.3) is 0 Å². The number of carbonyl (C=O) groups is 2. The summed E-state index contributed by atoms with van der Waals surface area (Å²) in [4.78, 5) is 27.1. The first-order chi connectivity index (χ1) is 11.2. The monoisotopic (exact) mass is 351 g/mol. The van der Waals surface area contributed by atoms with E-state index in [0.29, 0.717) is 0 Å². The Morgan fingerprint density at radius 3 is 1.88 bits per heavy atom. The average molecular weight is 351 g/mol. The van der Waals surface area contributed by atoms with Gasteiger partial charge in [0, 0.05) is 0 Å². The minimum absolute atomic E-state index is 0.0720. The standard InChI is InChI=1S/C14H16F3NO6/c1-5-23-9-7(12(19)21-3)10(14(15,16)17)18-11(24-6-2)8(9)13(20)22-4/h5-6H2,1-4H3. The van der Waals surface area contributed by atoms with Crippen LogP contribution < -0.4 is 9.47 Å². The molecule has 0 aromatic carbocycles. The van der Waals surface area contributed by atoms with Gasteiger partial charge in [-0.2, -0.15) is 13.2 Å². The summed E-state index contributed by atoms with van der Waals surface area (Å²) in [6.07, 6.45) is -5.00. The molecule has 1 aromatic heterocycles. The number of carbonyl (C=O) groups excluding carboxylic acids is 2. The van der Waals surface area contributed by atoms with Crippen molar-refractivity contribution in [3.63, 3.8) is 0 Å². The number of nitrogens with zero attached hydrogens (tertiary/aromatic N) is 1. The number of methoxy groups -OCH3 is 2. The lowest BCUT2D eigenvalue weighted by Gasteiger charge is -2.19. The van der Waals surface area contributed by atoms with Crippen molar-refractivity contribution in [1.82, 2.24) is 4.98 Å². The minimum atomic E-state index is -5.00. The van der Waals surface area contributed by atoms with Crippen LogP contribution in [0.2, 0.25) is 0 Å². The van der Waals surface area contributed by atoms with Crippen LogP contribution in [-0.2, 0) is 15.7 Å². The van der Waals surface area contributed by atoms with E-state index in [-0.39, 0.29) is 13.2 Å². The van der Waals surface area contributed by atoms with E-state index >= 15 is 0 Å². The third-order valence-corrected chi connectivity index (χ3v) is 2.74. The first-order valence-corrected chi connectivity index (χ1v) is 6.80. The van der Waals surface area contributed by atoms with E-state index in [9.17, 15) is 22.8 Å². The van der Waals surface area contributed by atoms with Gasteiger partial charge in [0.05, 0.1) is 27.4 Å². The molecular weight excluding hydrogens is 335 g/mol. The van der Waals surface area contributed by atoms with Crippen molar-refractivity contribution in [2.45, 2.75) is 20.0 Å². The maximum atomic E-state index is 13.3. The number of aromatic nitrogens is 1. The van der Waals surface area contributed by atoms with Crippen LogP contribution in [0, 0.1) is 0 Å². The van der Waals surface area contributed by atoms with Gasteiger partial charge in [0.1, 0.15) is 5.56 Å². The van der Waals surface area contributed by atoms with Gasteiger partial charge in [-0.3, -0.25) is 0 Å². The van der Waals surface area contributed by atoms with E-state index in [4.69, 9.17) is 9.47 Å². The van der Waals surface area contributed by atoms with Crippen molar-refractivity contribution < 1.29 is 41.7 Å². The van der Waals surface area contributed by atoms with Gasteiger partial charge in [-0.1, -0.05) is 0 Å². The average Bonchev–Trinajstić information content (AvgIpc) is 2.52. The molecular formula is C14H16F3NO6. The summed E-state index contributed by atoms with van der Waals surface area (Å²) in [5, 5.41) is 0. The van der Waals surface area contributed by atoms with E-state index in [0.717, 1.165) is 14.2 Å².